The third-order valence-corrected chi connectivity index (χ3v) is 3.74. The SMILES string of the molecule is CC[C@H]1C(=O)N(CC(=O)OC)[C@@H]1c1ccc(OC)cc1. The first-order valence-electron chi connectivity index (χ1n) is 6.63. The van der Waals surface area contributed by atoms with Gasteiger partial charge in [-0.15, -0.1) is 0 Å². The van der Waals surface area contributed by atoms with Crippen molar-refractivity contribution in [3.05, 3.63) is 29.8 Å². The van der Waals surface area contributed by atoms with Crippen LogP contribution in [-0.2, 0) is 14.3 Å². The Morgan fingerprint density at radius 2 is 1.90 bits per heavy atom. The zero-order valence-corrected chi connectivity index (χ0v) is 12.0. The van der Waals surface area contributed by atoms with E-state index < -0.39 is 5.97 Å². The maximum atomic E-state index is 12.0. The second-order valence-electron chi connectivity index (χ2n) is 4.78. The molecule has 0 radical (unpaired) electrons. The molecule has 1 aromatic rings. The molecule has 1 aromatic carbocycles. The summed E-state index contributed by atoms with van der Waals surface area (Å²) in [5, 5.41) is 0. The van der Waals surface area contributed by atoms with Crippen LogP contribution in [0.15, 0.2) is 24.3 Å². The van der Waals surface area contributed by atoms with Crippen molar-refractivity contribution in [2.45, 2.75) is 19.4 Å². The first-order valence-corrected chi connectivity index (χ1v) is 6.63. The molecular weight excluding hydrogens is 258 g/mol. The molecule has 1 amide bonds. The van der Waals surface area contributed by atoms with Crippen LogP contribution in [0.4, 0.5) is 0 Å². The van der Waals surface area contributed by atoms with Crippen molar-refractivity contribution in [2.24, 2.45) is 5.92 Å². The van der Waals surface area contributed by atoms with Crippen LogP contribution in [0.2, 0.25) is 0 Å². The number of esters is 1. The van der Waals surface area contributed by atoms with Gasteiger partial charge in [0.1, 0.15) is 12.3 Å². The zero-order chi connectivity index (χ0) is 14.7. The van der Waals surface area contributed by atoms with E-state index in [0.717, 1.165) is 17.7 Å². The van der Waals surface area contributed by atoms with Gasteiger partial charge in [0.15, 0.2) is 0 Å². The van der Waals surface area contributed by atoms with E-state index in [9.17, 15) is 9.59 Å². The van der Waals surface area contributed by atoms with Gasteiger partial charge in [-0.2, -0.15) is 0 Å². The van der Waals surface area contributed by atoms with Gasteiger partial charge >= 0.3 is 5.97 Å². The predicted octanol–water partition coefficient (Wildman–Crippen LogP) is 1.78. The monoisotopic (exact) mass is 277 g/mol. The fraction of sp³-hybridized carbons (Fsp3) is 0.467. The quantitative estimate of drug-likeness (QED) is 0.608. The number of nitrogens with zero attached hydrogens (tertiary/aromatic N) is 1. The van der Waals surface area contributed by atoms with Gasteiger partial charge in [-0.25, -0.2) is 0 Å². The van der Waals surface area contributed by atoms with Gasteiger partial charge in [-0.05, 0) is 24.1 Å². The number of rotatable bonds is 5. The maximum absolute atomic E-state index is 12.0. The first kappa shape index (κ1) is 14.4. The lowest BCUT2D eigenvalue weighted by Crippen LogP contribution is -2.56. The second kappa shape index (κ2) is 5.94. The van der Waals surface area contributed by atoms with Gasteiger partial charge in [0.05, 0.1) is 26.2 Å². The number of ether oxygens (including phenoxy) is 2. The van der Waals surface area contributed by atoms with E-state index in [2.05, 4.69) is 4.74 Å². The molecule has 0 saturated carbocycles. The normalized spacial score (nSPS) is 21.4. The minimum atomic E-state index is -0.397. The van der Waals surface area contributed by atoms with E-state index in [1.807, 2.05) is 31.2 Å². The van der Waals surface area contributed by atoms with E-state index in [1.165, 1.54) is 7.11 Å². The van der Waals surface area contributed by atoms with E-state index in [0.29, 0.717) is 0 Å². The number of amides is 1. The Bertz CT molecular complexity index is 497. The Labute approximate surface area is 118 Å². The Morgan fingerprint density at radius 3 is 2.40 bits per heavy atom. The molecule has 0 spiro atoms. The molecule has 0 unspecified atom stereocenters. The summed E-state index contributed by atoms with van der Waals surface area (Å²) in [5.74, 6) is 0.324. The number of hydrogen-bond acceptors (Lipinski definition) is 4. The Morgan fingerprint density at radius 1 is 1.25 bits per heavy atom. The van der Waals surface area contributed by atoms with Crippen molar-refractivity contribution in [3.8, 4) is 5.75 Å². The summed E-state index contributed by atoms with van der Waals surface area (Å²) in [4.78, 5) is 25.0. The number of β-lactam (4-membered cyclic amide) rings is 1. The second-order valence-corrected chi connectivity index (χ2v) is 4.78. The maximum Gasteiger partial charge on any atom is 0.325 e. The average molecular weight is 277 g/mol. The molecule has 1 fully saturated rings. The van der Waals surface area contributed by atoms with Crippen LogP contribution in [0.1, 0.15) is 24.9 Å². The van der Waals surface area contributed by atoms with E-state index in [1.54, 1.807) is 12.0 Å². The van der Waals surface area contributed by atoms with E-state index in [-0.39, 0.29) is 24.4 Å². The number of hydrogen-bond donors (Lipinski definition) is 0. The standard InChI is InChI=1S/C15H19NO4/c1-4-12-14(10-5-7-11(19-2)8-6-10)16(15(12)18)9-13(17)20-3/h5-8,12,14H,4,9H2,1-3H3/t12-,14-/m1/s1. The van der Waals surface area contributed by atoms with Gasteiger partial charge < -0.3 is 14.4 Å². The molecule has 1 aliphatic rings. The number of carbonyl (C=O) groups excluding carboxylic acids is 2. The van der Waals surface area contributed by atoms with E-state index >= 15 is 0 Å². The molecule has 108 valence electrons. The molecule has 2 rings (SSSR count). The van der Waals surface area contributed by atoms with Gasteiger partial charge in [0.25, 0.3) is 0 Å². The first-order chi connectivity index (χ1) is 9.62. The molecule has 0 aromatic heterocycles. The highest BCUT2D eigenvalue weighted by atomic mass is 16.5. The minimum absolute atomic E-state index is 0.00251. The smallest absolute Gasteiger partial charge is 0.325 e. The molecule has 0 bridgehead atoms. The van der Waals surface area contributed by atoms with E-state index in [4.69, 9.17) is 4.74 Å². The predicted molar refractivity (Wildman–Crippen MR) is 73.2 cm³/mol. The third-order valence-electron chi connectivity index (χ3n) is 3.74. The third kappa shape index (κ3) is 2.48. The number of methoxy groups -OCH3 is 2. The molecular formula is C15H19NO4. The summed E-state index contributed by atoms with van der Waals surface area (Å²) in [6, 6.07) is 7.53. The molecule has 5 nitrogen and oxygen atoms in total. The number of benzene rings is 1. The summed E-state index contributed by atoms with van der Waals surface area (Å²) in [5.41, 5.74) is 1.01. The lowest BCUT2D eigenvalue weighted by Gasteiger charge is -2.46. The average Bonchev–Trinajstić information content (AvgIpc) is 2.49. The van der Waals surface area contributed by atoms with Gasteiger partial charge in [-0.1, -0.05) is 19.1 Å². The lowest BCUT2D eigenvalue weighted by molar-refractivity contribution is -0.164. The van der Waals surface area contributed by atoms with Crippen LogP contribution in [-0.4, -0.2) is 37.5 Å². The van der Waals surface area contributed by atoms with Crippen LogP contribution in [0.3, 0.4) is 0 Å². The highest BCUT2D eigenvalue weighted by Crippen LogP contribution is 2.41. The number of carbonyl (C=O) groups is 2. The lowest BCUT2D eigenvalue weighted by atomic mass is 9.80. The van der Waals surface area contributed by atoms with Crippen LogP contribution in [0, 0.1) is 5.92 Å². The fourth-order valence-corrected chi connectivity index (χ4v) is 2.61. The largest absolute Gasteiger partial charge is 0.497 e. The van der Waals surface area contributed by atoms with Crippen molar-refractivity contribution in [3.63, 3.8) is 0 Å². The summed E-state index contributed by atoms with van der Waals surface area (Å²) >= 11 is 0. The Hall–Kier alpha value is -2.04. The van der Waals surface area contributed by atoms with Gasteiger partial charge in [-0.3, -0.25) is 9.59 Å². The summed E-state index contributed by atoms with van der Waals surface area (Å²) in [7, 11) is 2.94. The van der Waals surface area contributed by atoms with Crippen molar-refractivity contribution in [1.82, 2.24) is 4.90 Å². The molecule has 5 heteroatoms. The zero-order valence-electron chi connectivity index (χ0n) is 12.0. The summed E-state index contributed by atoms with van der Waals surface area (Å²) < 4.78 is 9.77. The van der Waals surface area contributed by atoms with Crippen LogP contribution in [0.5, 0.6) is 5.75 Å². The van der Waals surface area contributed by atoms with Crippen LogP contribution in [0.25, 0.3) is 0 Å². The molecule has 1 saturated heterocycles. The number of likely N-dealkylation sites (tertiary alicyclic amines) is 1. The fourth-order valence-electron chi connectivity index (χ4n) is 2.61. The molecule has 1 heterocycles. The summed E-state index contributed by atoms with van der Waals surface area (Å²) in [6.45, 7) is 1.98. The van der Waals surface area contributed by atoms with Crippen LogP contribution >= 0.6 is 0 Å². The molecule has 1 aliphatic heterocycles. The van der Waals surface area contributed by atoms with Gasteiger partial charge in [0.2, 0.25) is 5.91 Å². The highest BCUT2D eigenvalue weighted by molar-refractivity contribution is 5.90. The molecule has 2 atom stereocenters. The Balaban J connectivity index is 2.20. The topological polar surface area (TPSA) is 55.8 Å². The van der Waals surface area contributed by atoms with Crippen LogP contribution < -0.4 is 4.74 Å². The molecule has 0 aliphatic carbocycles. The minimum Gasteiger partial charge on any atom is -0.497 e. The van der Waals surface area contributed by atoms with Crippen molar-refractivity contribution in [1.29, 1.82) is 0 Å². The Kier molecular flexibility index (Phi) is 4.27. The van der Waals surface area contributed by atoms with Gasteiger partial charge in [0, 0.05) is 0 Å². The highest BCUT2D eigenvalue weighted by Gasteiger charge is 2.47. The van der Waals surface area contributed by atoms with Crippen molar-refractivity contribution < 1.29 is 19.1 Å². The van der Waals surface area contributed by atoms with Crippen molar-refractivity contribution >= 4 is 11.9 Å². The van der Waals surface area contributed by atoms with Crippen molar-refractivity contribution in [2.75, 3.05) is 20.8 Å². The summed E-state index contributed by atoms with van der Waals surface area (Å²) in [6.07, 6.45) is 0.757. The molecule has 0 N–H and O–H groups in total. The molecule has 20 heavy (non-hydrogen) atoms.